The van der Waals surface area contributed by atoms with Gasteiger partial charge in [0.05, 0.1) is 12.0 Å². The fourth-order valence-corrected chi connectivity index (χ4v) is 2.53. The van der Waals surface area contributed by atoms with Gasteiger partial charge in [0.25, 0.3) is 0 Å². The number of carbonyl (C=O) groups excluding carboxylic acids is 1. The molecule has 17 heavy (non-hydrogen) atoms. The van der Waals surface area contributed by atoms with Crippen LogP contribution in [0, 0.1) is 5.41 Å². The highest BCUT2D eigenvalue weighted by Crippen LogP contribution is 2.41. The quantitative estimate of drug-likeness (QED) is 0.707. The molecule has 2 N–H and O–H groups in total. The second kappa shape index (κ2) is 6.26. The van der Waals surface area contributed by atoms with Crippen LogP contribution in [0.2, 0.25) is 0 Å². The first-order valence-corrected chi connectivity index (χ1v) is 6.97. The number of rotatable bonds is 7. The van der Waals surface area contributed by atoms with Gasteiger partial charge in [-0.15, -0.1) is 0 Å². The molecular formula is C11H19NO4S. The Morgan fingerprint density at radius 1 is 1.53 bits per heavy atom. The summed E-state index contributed by atoms with van der Waals surface area (Å²) in [5.74, 6) is -0.795. The van der Waals surface area contributed by atoms with Crippen LogP contribution in [0.3, 0.4) is 0 Å². The molecule has 98 valence electrons. The maximum Gasteiger partial charge on any atom is 0.327 e. The second-order valence-corrected chi connectivity index (χ2v) is 5.30. The predicted molar refractivity (Wildman–Crippen MR) is 66.1 cm³/mol. The first kappa shape index (κ1) is 14.3. The number of aliphatic carboxylic acids is 1. The molecule has 1 aliphatic carbocycles. The molecule has 1 saturated carbocycles. The van der Waals surface area contributed by atoms with Crippen LogP contribution in [-0.4, -0.2) is 48.8 Å². The summed E-state index contributed by atoms with van der Waals surface area (Å²) in [6.07, 6.45) is 4.37. The number of carbonyl (C=O) groups is 2. The molecule has 5 nitrogen and oxygen atoms in total. The maximum atomic E-state index is 12.1. The van der Waals surface area contributed by atoms with Crippen molar-refractivity contribution in [3.05, 3.63) is 0 Å². The van der Waals surface area contributed by atoms with E-state index < -0.39 is 17.4 Å². The summed E-state index contributed by atoms with van der Waals surface area (Å²) in [4.78, 5) is 23.0. The summed E-state index contributed by atoms with van der Waals surface area (Å²) < 4.78 is 5.06. The highest BCUT2D eigenvalue weighted by molar-refractivity contribution is 7.98. The number of carboxylic acids is 1. The van der Waals surface area contributed by atoms with Gasteiger partial charge in [-0.3, -0.25) is 4.79 Å². The smallest absolute Gasteiger partial charge is 0.327 e. The molecule has 0 aromatic carbocycles. The zero-order valence-corrected chi connectivity index (χ0v) is 11.0. The average Bonchev–Trinajstić information content (AvgIpc) is 2.22. The number of ether oxygens (including phenoxy) is 1. The Kier molecular flexibility index (Phi) is 5.27. The van der Waals surface area contributed by atoms with E-state index in [1.54, 1.807) is 7.11 Å². The van der Waals surface area contributed by atoms with Crippen molar-refractivity contribution in [2.24, 2.45) is 5.41 Å². The van der Waals surface area contributed by atoms with E-state index in [9.17, 15) is 9.59 Å². The molecule has 0 spiro atoms. The Morgan fingerprint density at radius 3 is 2.53 bits per heavy atom. The van der Waals surface area contributed by atoms with Gasteiger partial charge in [0, 0.05) is 12.9 Å². The topological polar surface area (TPSA) is 75.6 Å². The third-order valence-corrected chi connectivity index (χ3v) is 3.82. The van der Waals surface area contributed by atoms with E-state index in [1.807, 2.05) is 6.26 Å². The third kappa shape index (κ3) is 3.35. The molecule has 0 aromatic heterocycles. The van der Waals surface area contributed by atoms with Gasteiger partial charge < -0.3 is 15.2 Å². The van der Waals surface area contributed by atoms with E-state index in [0.29, 0.717) is 12.4 Å². The zero-order chi connectivity index (χ0) is 12.9. The fraction of sp³-hybridized carbons (Fsp3) is 0.818. The van der Waals surface area contributed by atoms with Crippen molar-refractivity contribution in [3.63, 3.8) is 0 Å². The molecule has 0 unspecified atom stereocenters. The number of amides is 1. The molecular weight excluding hydrogens is 242 g/mol. The minimum Gasteiger partial charge on any atom is -0.480 e. The molecule has 1 rings (SSSR count). The van der Waals surface area contributed by atoms with Gasteiger partial charge in [0.1, 0.15) is 6.04 Å². The number of hydrogen-bond acceptors (Lipinski definition) is 4. The Labute approximate surface area is 105 Å². The highest BCUT2D eigenvalue weighted by Gasteiger charge is 2.45. The zero-order valence-electron chi connectivity index (χ0n) is 10.2. The van der Waals surface area contributed by atoms with Crippen LogP contribution in [0.1, 0.15) is 19.3 Å². The Morgan fingerprint density at radius 2 is 2.18 bits per heavy atom. The SMILES string of the molecule is COCC1(C(=O)N[C@@H](CSC)C(=O)O)CCC1. The second-order valence-electron chi connectivity index (χ2n) is 4.39. The number of nitrogens with one attached hydrogen (secondary N) is 1. The number of methoxy groups -OCH3 is 1. The lowest BCUT2D eigenvalue weighted by atomic mass is 9.68. The van der Waals surface area contributed by atoms with Crippen molar-refractivity contribution in [1.29, 1.82) is 0 Å². The van der Waals surface area contributed by atoms with E-state index in [1.165, 1.54) is 11.8 Å². The van der Waals surface area contributed by atoms with E-state index in [-0.39, 0.29) is 5.91 Å². The maximum absolute atomic E-state index is 12.1. The van der Waals surface area contributed by atoms with Gasteiger partial charge >= 0.3 is 5.97 Å². The molecule has 0 aromatic rings. The average molecular weight is 261 g/mol. The molecule has 1 fully saturated rings. The molecule has 6 heteroatoms. The lowest BCUT2D eigenvalue weighted by Crippen LogP contribution is -2.54. The van der Waals surface area contributed by atoms with Crippen LogP contribution in [-0.2, 0) is 14.3 Å². The Bertz CT molecular complexity index is 291. The van der Waals surface area contributed by atoms with Gasteiger partial charge in [-0.1, -0.05) is 6.42 Å². The molecule has 0 heterocycles. The molecule has 1 atom stereocenters. The summed E-state index contributed by atoms with van der Waals surface area (Å²) in [6, 6.07) is -0.813. The van der Waals surface area contributed by atoms with Crippen LogP contribution >= 0.6 is 11.8 Å². The lowest BCUT2D eigenvalue weighted by molar-refractivity contribution is -0.147. The van der Waals surface area contributed by atoms with E-state index in [2.05, 4.69) is 5.32 Å². The third-order valence-electron chi connectivity index (χ3n) is 3.15. The first-order valence-electron chi connectivity index (χ1n) is 5.57. The molecule has 0 aliphatic heterocycles. The minimum atomic E-state index is -0.986. The largest absolute Gasteiger partial charge is 0.480 e. The normalized spacial score (nSPS) is 19.2. The van der Waals surface area contributed by atoms with Crippen molar-refractivity contribution in [1.82, 2.24) is 5.32 Å². The minimum absolute atomic E-state index is 0.188. The Balaban J connectivity index is 2.59. The van der Waals surface area contributed by atoms with E-state index in [4.69, 9.17) is 9.84 Å². The van der Waals surface area contributed by atoms with Crippen molar-refractivity contribution < 1.29 is 19.4 Å². The summed E-state index contributed by atoms with van der Waals surface area (Å²) in [5.41, 5.74) is -0.499. The van der Waals surface area contributed by atoms with E-state index >= 15 is 0 Å². The number of thioether (sulfide) groups is 1. The highest BCUT2D eigenvalue weighted by atomic mass is 32.2. The molecule has 0 saturated heterocycles. The van der Waals surface area contributed by atoms with Crippen molar-refractivity contribution in [2.75, 3.05) is 25.7 Å². The van der Waals surface area contributed by atoms with Gasteiger partial charge in [0.15, 0.2) is 0 Å². The van der Waals surface area contributed by atoms with Crippen LogP contribution in [0.25, 0.3) is 0 Å². The van der Waals surface area contributed by atoms with Crippen LogP contribution in [0.15, 0.2) is 0 Å². The van der Waals surface area contributed by atoms with E-state index in [0.717, 1.165) is 19.3 Å². The monoisotopic (exact) mass is 261 g/mol. The van der Waals surface area contributed by atoms with Crippen LogP contribution < -0.4 is 5.32 Å². The number of hydrogen-bond donors (Lipinski definition) is 2. The fourth-order valence-electron chi connectivity index (χ4n) is 1.97. The van der Waals surface area contributed by atoms with Crippen LogP contribution in [0.4, 0.5) is 0 Å². The van der Waals surface area contributed by atoms with Crippen molar-refractivity contribution in [2.45, 2.75) is 25.3 Å². The summed E-state index contributed by atoms with van der Waals surface area (Å²) in [6.45, 7) is 0.366. The standard InChI is InChI=1S/C11H19NO4S/c1-16-7-11(4-3-5-11)10(15)12-8(6-17-2)9(13)14/h8H,3-7H2,1-2H3,(H,12,15)(H,13,14)/t8-/m0/s1. The summed E-state index contributed by atoms with van der Waals surface area (Å²) in [7, 11) is 1.56. The molecule has 1 amide bonds. The van der Waals surface area contributed by atoms with Crippen LogP contribution in [0.5, 0.6) is 0 Å². The first-order chi connectivity index (χ1) is 8.05. The summed E-state index contributed by atoms with van der Waals surface area (Å²) in [5, 5.41) is 11.6. The molecule has 1 aliphatic rings. The van der Waals surface area contributed by atoms with Gasteiger partial charge in [-0.25, -0.2) is 4.79 Å². The van der Waals surface area contributed by atoms with Gasteiger partial charge in [-0.2, -0.15) is 11.8 Å². The summed E-state index contributed by atoms with van der Waals surface area (Å²) >= 11 is 1.40. The van der Waals surface area contributed by atoms with Crippen molar-refractivity contribution in [3.8, 4) is 0 Å². The Hall–Kier alpha value is -0.750. The van der Waals surface area contributed by atoms with Crippen molar-refractivity contribution >= 4 is 23.6 Å². The predicted octanol–water partition coefficient (Wildman–Crippen LogP) is 0.736. The molecule has 0 bridgehead atoms. The van der Waals surface area contributed by atoms with Gasteiger partial charge in [0.2, 0.25) is 5.91 Å². The van der Waals surface area contributed by atoms with Gasteiger partial charge in [-0.05, 0) is 19.1 Å². The molecule has 0 radical (unpaired) electrons. The lowest BCUT2D eigenvalue weighted by Gasteiger charge is -2.40. The number of carboxylic acid groups (broad SMARTS) is 1.